The first-order valence-corrected chi connectivity index (χ1v) is 6.12. The van der Waals surface area contributed by atoms with E-state index in [1.54, 1.807) is 17.1 Å². The summed E-state index contributed by atoms with van der Waals surface area (Å²) in [6.07, 6.45) is 5.13. The average molecular weight is 332 g/mol. The van der Waals surface area contributed by atoms with E-state index in [0.29, 0.717) is 18.1 Å². The summed E-state index contributed by atoms with van der Waals surface area (Å²) < 4.78 is 1.66. The molecule has 2 rings (SSSR count). The van der Waals surface area contributed by atoms with Crippen LogP contribution < -0.4 is 10.6 Å². The van der Waals surface area contributed by atoms with Gasteiger partial charge in [0.2, 0.25) is 5.91 Å². The average Bonchev–Trinajstić information content (AvgIpc) is 2.94. The number of nitrogens with one attached hydrogen (secondary N) is 2. The van der Waals surface area contributed by atoms with Gasteiger partial charge >= 0.3 is 0 Å². The predicted octanol–water partition coefficient (Wildman–Crippen LogP) is 1.90. The topological polar surface area (TPSA) is 71.8 Å². The van der Waals surface area contributed by atoms with Crippen LogP contribution in [0.1, 0.15) is 6.92 Å². The number of nitrogens with zero attached hydrogens (tertiary/aromatic N) is 3. The minimum atomic E-state index is -0.0872. The molecular formula is C13H19Cl2N5O. The van der Waals surface area contributed by atoms with Gasteiger partial charge in [-0.25, -0.2) is 9.67 Å². The number of amides is 1. The molecule has 2 N–H and O–H groups in total. The summed E-state index contributed by atoms with van der Waals surface area (Å²) in [5.41, 5.74) is 0.684. The van der Waals surface area contributed by atoms with Crippen LogP contribution in [0.5, 0.6) is 0 Å². The monoisotopic (exact) mass is 331 g/mol. The van der Waals surface area contributed by atoms with Gasteiger partial charge in [-0.15, -0.1) is 24.8 Å². The molecule has 0 bridgehead atoms. The zero-order valence-electron chi connectivity index (χ0n) is 11.8. The molecule has 2 aromatic heterocycles. The largest absolute Gasteiger partial charge is 0.324 e. The van der Waals surface area contributed by atoms with Crippen molar-refractivity contribution in [1.82, 2.24) is 20.1 Å². The molecule has 2 aromatic rings. The number of pyridine rings is 1. The lowest BCUT2D eigenvalue weighted by Gasteiger charge is -2.11. The van der Waals surface area contributed by atoms with E-state index >= 15 is 0 Å². The van der Waals surface area contributed by atoms with E-state index in [1.165, 1.54) is 0 Å². The van der Waals surface area contributed by atoms with Crippen molar-refractivity contribution in [2.24, 2.45) is 5.92 Å². The molecule has 6 nitrogen and oxygen atoms in total. The SMILES string of the molecule is CNCC(C)C(=O)Nc1ccc(-n2cccn2)nc1.Cl.Cl. The number of carbonyl (C=O) groups excluding carboxylic acids is 1. The van der Waals surface area contributed by atoms with Crippen molar-refractivity contribution in [3.05, 3.63) is 36.8 Å². The number of carbonyl (C=O) groups is 1. The van der Waals surface area contributed by atoms with E-state index < -0.39 is 0 Å². The van der Waals surface area contributed by atoms with Crippen molar-refractivity contribution >= 4 is 36.4 Å². The van der Waals surface area contributed by atoms with Gasteiger partial charge in [0.05, 0.1) is 11.9 Å². The van der Waals surface area contributed by atoms with Crippen LogP contribution in [0.25, 0.3) is 5.82 Å². The predicted molar refractivity (Wildman–Crippen MR) is 87.6 cm³/mol. The van der Waals surface area contributed by atoms with Gasteiger partial charge < -0.3 is 10.6 Å². The maximum Gasteiger partial charge on any atom is 0.228 e. The summed E-state index contributed by atoms with van der Waals surface area (Å²) in [5.74, 6) is 0.602. The first-order chi connectivity index (χ1) is 9.20. The zero-order chi connectivity index (χ0) is 13.7. The molecule has 0 aliphatic heterocycles. The van der Waals surface area contributed by atoms with Gasteiger partial charge in [0.15, 0.2) is 5.82 Å². The van der Waals surface area contributed by atoms with Crippen molar-refractivity contribution in [3.8, 4) is 5.82 Å². The summed E-state index contributed by atoms with van der Waals surface area (Å²) in [4.78, 5) is 16.1. The lowest BCUT2D eigenvalue weighted by Crippen LogP contribution is -2.28. The van der Waals surface area contributed by atoms with Gasteiger partial charge in [0.25, 0.3) is 0 Å². The fraction of sp³-hybridized carbons (Fsp3) is 0.308. The molecule has 2 heterocycles. The maximum atomic E-state index is 11.8. The lowest BCUT2D eigenvalue weighted by atomic mass is 10.1. The minimum Gasteiger partial charge on any atom is -0.324 e. The maximum absolute atomic E-state index is 11.8. The first kappa shape index (κ1) is 19.4. The Bertz CT molecular complexity index is 530. The first-order valence-electron chi connectivity index (χ1n) is 6.12. The van der Waals surface area contributed by atoms with E-state index in [1.807, 2.05) is 38.4 Å². The van der Waals surface area contributed by atoms with Gasteiger partial charge in [0, 0.05) is 24.9 Å². The Balaban J connectivity index is 0.00000200. The molecule has 1 unspecified atom stereocenters. The molecule has 0 saturated heterocycles. The number of hydrogen-bond acceptors (Lipinski definition) is 4. The van der Waals surface area contributed by atoms with E-state index in [0.717, 1.165) is 0 Å². The number of halogens is 2. The highest BCUT2D eigenvalue weighted by molar-refractivity contribution is 5.92. The van der Waals surface area contributed by atoms with Gasteiger partial charge in [-0.2, -0.15) is 5.10 Å². The smallest absolute Gasteiger partial charge is 0.228 e. The van der Waals surface area contributed by atoms with E-state index in [4.69, 9.17) is 0 Å². The summed E-state index contributed by atoms with van der Waals surface area (Å²) >= 11 is 0. The van der Waals surface area contributed by atoms with Gasteiger partial charge in [0.1, 0.15) is 0 Å². The van der Waals surface area contributed by atoms with Crippen LogP contribution in [-0.4, -0.2) is 34.3 Å². The highest BCUT2D eigenvalue weighted by Crippen LogP contribution is 2.10. The molecule has 8 heteroatoms. The van der Waals surface area contributed by atoms with Crippen LogP contribution in [0, 0.1) is 5.92 Å². The normalized spacial score (nSPS) is 11.0. The molecule has 0 fully saturated rings. The van der Waals surface area contributed by atoms with Crippen molar-refractivity contribution in [2.75, 3.05) is 18.9 Å². The van der Waals surface area contributed by atoms with Crippen LogP contribution in [0.4, 0.5) is 5.69 Å². The quantitative estimate of drug-likeness (QED) is 0.877. The molecule has 0 saturated carbocycles. The Kier molecular flexibility index (Phi) is 8.61. The van der Waals surface area contributed by atoms with Crippen molar-refractivity contribution < 1.29 is 4.79 Å². The summed E-state index contributed by atoms with van der Waals surface area (Å²) in [6, 6.07) is 5.45. The number of anilines is 1. The zero-order valence-corrected chi connectivity index (χ0v) is 13.4. The minimum absolute atomic E-state index is 0. The van der Waals surface area contributed by atoms with Gasteiger partial charge in [-0.05, 0) is 25.2 Å². The van der Waals surface area contributed by atoms with Crippen LogP contribution in [-0.2, 0) is 4.79 Å². The summed E-state index contributed by atoms with van der Waals surface area (Å²) in [7, 11) is 1.82. The molecule has 0 aliphatic carbocycles. The third kappa shape index (κ3) is 5.34. The second-order valence-corrected chi connectivity index (χ2v) is 4.30. The third-order valence-electron chi connectivity index (χ3n) is 2.71. The highest BCUT2D eigenvalue weighted by Gasteiger charge is 2.11. The van der Waals surface area contributed by atoms with E-state index in [2.05, 4.69) is 20.7 Å². The second-order valence-electron chi connectivity index (χ2n) is 4.30. The van der Waals surface area contributed by atoms with E-state index in [9.17, 15) is 4.79 Å². The lowest BCUT2D eigenvalue weighted by molar-refractivity contribution is -0.119. The summed E-state index contributed by atoms with van der Waals surface area (Å²) in [6.45, 7) is 2.52. The van der Waals surface area contributed by atoms with Crippen LogP contribution in [0.15, 0.2) is 36.8 Å². The molecule has 21 heavy (non-hydrogen) atoms. The Morgan fingerprint density at radius 3 is 2.67 bits per heavy atom. The molecule has 0 radical (unpaired) electrons. The van der Waals surface area contributed by atoms with Crippen LogP contribution in [0.3, 0.4) is 0 Å². The molecule has 116 valence electrons. The fourth-order valence-corrected chi connectivity index (χ4v) is 1.66. The van der Waals surface area contributed by atoms with Gasteiger partial charge in [-0.1, -0.05) is 6.92 Å². The third-order valence-corrected chi connectivity index (χ3v) is 2.71. The molecule has 0 aliphatic rings. The summed E-state index contributed by atoms with van der Waals surface area (Å²) in [5, 5.41) is 9.89. The Labute approximate surface area is 136 Å². The molecular weight excluding hydrogens is 313 g/mol. The Morgan fingerprint density at radius 1 is 1.38 bits per heavy atom. The number of aromatic nitrogens is 3. The molecule has 0 aromatic carbocycles. The van der Waals surface area contributed by atoms with Crippen molar-refractivity contribution in [3.63, 3.8) is 0 Å². The fourth-order valence-electron chi connectivity index (χ4n) is 1.66. The Morgan fingerprint density at radius 2 is 2.14 bits per heavy atom. The molecule has 1 atom stereocenters. The second kappa shape index (κ2) is 9.33. The Hall–Kier alpha value is -1.63. The number of hydrogen-bond donors (Lipinski definition) is 2. The van der Waals surface area contributed by atoms with Crippen molar-refractivity contribution in [1.29, 1.82) is 0 Å². The number of rotatable bonds is 5. The van der Waals surface area contributed by atoms with E-state index in [-0.39, 0.29) is 36.6 Å². The highest BCUT2D eigenvalue weighted by atomic mass is 35.5. The standard InChI is InChI=1S/C13H17N5O.2ClH/c1-10(8-14-2)13(19)17-11-4-5-12(15-9-11)18-7-3-6-16-18;;/h3-7,9-10,14H,8H2,1-2H3,(H,17,19);2*1H. The van der Waals surface area contributed by atoms with Gasteiger partial charge in [-0.3, -0.25) is 4.79 Å². The van der Waals surface area contributed by atoms with Crippen LogP contribution >= 0.6 is 24.8 Å². The molecule has 1 amide bonds. The van der Waals surface area contributed by atoms with Crippen molar-refractivity contribution in [2.45, 2.75) is 6.92 Å². The molecule has 0 spiro atoms. The van der Waals surface area contributed by atoms with Crippen LogP contribution in [0.2, 0.25) is 0 Å².